The Morgan fingerprint density at radius 3 is 2.31 bits per heavy atom. The van der Waals surface area contributed by atoms with Gasteiger partial charge in [0.25, 0.3) is 0 Å². The third kappa shape index (κ3) is 5.17. The number of sulfone groups is 1. The van der Waals surface area contributed by atoms with Crippen molar-refractivity contribution in [2.45, 2.75) is 17.7 Å². The first-order valence-electron chi connectivity index (χ1n) is 8.52. The number of aromatic nitrogens is 1. The van der Waals surface area contributed by atoms with Gasteiger partial charge in [0, 0.05) is 12.4 Å². The van der Waals surface area contributed by atoms with Gasteiger partial charge in [0.1, 0.15) is 5.75 Å². The Bertz CT molecular complexity index is 908. The van der Waals surface area contributed by atoms with Crippen LogP contribution in [0.1, 0.15) is 17.5 Å². The van der Waals surface area contributed by atoms with Crippen molar-refractivity contribution in [2.75, 3.05) is 12.4 Å². The molecule has 0 bridgehead atoms. The van der Waals surface area contributed by atoms with Crippen LogP contribution in [0.5, 0.6) is 5.75 Å². The molecular weight excluding hydrogens is 346 g/mol. The van der Waals surface area contributed by atoms with E-state index in [0.29, 0.717) is 17.9 Å². The van der Waals surface area contributed by atoms with Crippen LogP contribution in [0.2, 0.25) is 0 Å². The number of hydrogen-bond acceptors (Lipinski definition) is 4. The monoisotopic (exact) mass is 367 g/mol. The molecule has 0 unspecified atom stereocenters. The minimum Gasteiger partial charge on any atom is -0.494 e. The van der Waals surface area contributed by atoms with Crippen LogP contribution in [-0.4, -0.2) is 25.8 Å². The Balaban J connectivity index is 1.47. The quantitative estimate of drug-likeness (QED) is 0.566. The number of ether oxygens (including phenoxy) is 1. The molecule has 134 valence electrons. The molecule has 5 heteroatoms. The average molecular weight is 367 g/mol. The molecule has 1 aromatic heterocycles. The van der Waals surface area contributed by atoms with Crippen LogP contribution in [0.3, 0.4) is 0 Å². The fourth-order valence-corrected chi connectivity index (χ4v) is 3.93. The molecule has 0 saturated heterocycles. The van der Waals surface area contributed by atoms with Gasteiger partial charge in [0.2, 0.25) is 0 Å². The predicted molar refractivity (Wildman–Crippen MR) is 102 cm³/mol. The molecule has 0 fully saturated rings. The second kappa shape index (κ2) is 8.63. The van der Waals surface area contributed by atoms with Gasteiger partial charge < -0.3 is 4.74 Å². The van der Waals surface area contributed by atoms with Crippen molar-refractivity contribution in [3.8, 4) is 5.75 Å². The Morgan fingerprint density at radius 2 is 1.62 bits per heavy atom. The zero-order valence-electron chi connectivity index (χ0n) is 14.4. The number of benzene rings is 2. The Labute approximate surface area is 154 Å². The molecule has 0 amide bonds. The summed E-state index contributed by atoms with van der Waals surface area (Å²) in [6, 6.07) is 20.4. The van der Waals surface area contributed by atoms with E-state index in [4.69, 9.17) is 4.74 Å². The summed E-state index contributed by atoms with van der Waals surface area (Å²) in [4.78, 5) is 4.48. The summed E-state index contributed by atoms with van der Waals surface area (Å²) in [6.45, 7) is 0.369. The van der Waals surface area contributed by atoms with Crippen molar-refractivity contribution in [1.29, 1.82) is 0 Å². The molecule has 2 aromatic carbocycles. The first kappa shape index (κ1) is 18.1. The first-order valence-corrected chi connectivity index (χ1v) is 10.2. The third-order valence-electron chi connectivity index (χ3n) is 3.98. The van der Waals surface area contributed by atoms with E-state index in [9.17, 15) is 8.42 Å². The van der Waals surface area contributed by atoms with Gasteiger partial charge in [-0.15, -0.1) is 0 Å². The molecular formula is C21H21NO3S. The Morgan fingerprint density at radius 1 is 0.846 bits per heavy atom. The standard InChI is InChI=1S/C21H21NO3S/c23-26(24,21-7-2-1-3-8-21)15-5-14-25-20-11-9-18(10-12-20)16-19-6-4-13-22-17-19/h1-4,6-13,17H,5,14-16H2. The maximum absolute atomic E-state index is 12.2. The van der Waals surface area contributed by atoms with Crippen LogP contribution < -0.4 is 4.74 Å². The van der Waals surface area contributed by atoms with E-state index in [-0.39, 0.29) is 5.75 Å². The summed E-state index contributed by atoms with van der Waals surface area (Å²) < 4.78 is 30.1. The molecule has 0 aliphatic rings. The molecule has 3 rings (SSSR count). The summed E-state index contributed by atoms with van der Waals surface area (Å²) in [5.74, 6) is 0.827. The van der Waals surface area contributed by atoms with Crippen LogP contribution in [0.4, 0.5) is 0 Å². The van der Waals surface area contributed by atoms with Gasteiger partial charge in [-0.25, -0.2) is 8.42 Å². The minimum atomic E-state index is -3.24. The van der Waals surface area contributed by atoms with E-state index >= 15 is 0 Å². The fraction of sp³-hybridized carbons (Fsp3) is 0.190. The van der Waals surface area contributed by atoms with E-state index < -0.39 is 9.84 Å². The molecule has 1 heterocycles. The highest BCUT2D eigenvalue weighted by Crippen LogP contribution is 2.16. The minimum absolute atomic E-state index is 0.0795. The van der Waals surface area contributed by atoms with Crippen molar-refractivity contribution in [3.63, 3.8) is 0 Å². The van der Waals surface area contributed by atoms with Gasteiger partial charge >= 0.3 is 0 Å². The van der Waals surface area contributed by atoms with Gasteiger partial charge in [-0.1, -0.05) is 36.4 Å². The molecule has 0 radical (unpaired) electrons. The second-order valence-electron chi connectivity index (χ2n) is 6.02. The zero-order chi connectivity index (χ0) is 18.2. The van der Waals surface area contributed by atoms with Crippen LogP contribution in [0.25, 0.3) is 0 Å². The van der Waals surface area contributed by atoms with Crippen molar-refractivity contribution in [3.05, 3.63) is 90.3 Å². The Hall–Kier alpha value is -2.66. The lowest BCUT2D eigenvalue weighted by atomic mass is 10.1. The van der Waals surface area contributed by atoms with Crippen LogP contribution >= 0.6 is 0 Å². The third-order valence-corrected chi connectivity index (χ3v) is 5.80. The van der Waals surface area contributed by atoms with Crippen LogP contribution in [0.15, 0.2) is 84.0 Å². The highest BCUT2D eigenvalue weighted by Gasteiger charge is 2.13. The summed E-state index contributed by atoms with van der Waals surface area (Å²) in [7, 11) is -3.24. The number of nitrogens with zero attached hydrogens (tertiary/aromatic N) is 1. The largest absolute Gasteiger partial charge is 0.494 e. The maximum Gasteiger partial charge on any atom is 0.178 e. The van der Waals surface area contributed by atoms with E-state index in [0.717, 1.165) is 17.7 Å². The lowest BCUT2D eigenvalue weighted by molar-refractivity contribution is 0.317. The van der Waals surface area contributed by atoms with Gasteiger partial charge in [-0.2, -0.15) is 0 Å². The van der Waals surface area contributed by atoms with Crippen molar-refractivity contribution >= 4 is 9.84 Å². The molecule has 0 saturated carbocycles. The van der Waals surface area contributed by atoms with Crippen LogP contribution in [0, 0.1) is 0 Å². The first-order chi connectivity index (χ1) is 12.6. The van der Waals surface area contributed by atoms with E-state index in [2.05, 4.69) is 4.98 Å². The number of pyridine rings is 1. The lowest BCUT2D eigenvalue weighted by Crippen LogP contribution is -2.10. The molecule has 3 aromatic rings. The topological polar surface area (TPSA) is 56.3 Å². The molecule has 0 spiro atoms. The molecule has 0 aliphatic heterocycles. The van der Waals surface area contributed by atoms with Gasteiger partial charge in [-0.05, 0) is 54.3 Å². The Kier molecular flexibility index (Phi) is 6.02. The number of rotatable bonds is 8. The summed E-state index contributed by atoms with van der Waals surface area (Å²) in [6.07, 6.45) is 4.90. The van der Waals surface area contributed by atoms with E-state index in [1.807, 2.05) is 42.6 Å². The van der Waals surface area contributed by atoms with E-state index in [1.54, 1.807) is 36.5 Å². The summed E-state index contributed by atoms with van der Waals surface area (Å²) >= 11 is 0. The lowest BCUT2D eigenvalue weighted by Gasteiger charge is -2.08. The van der Waals surface area contributed by atoms with Crippen LogP contribution in [-0.2, 0) is 16.3 Å². The van der Waals surface area contributed by atoms with Crippen molar-refractivity contribution < 1.29 is 13.2 Å². The maximum atomic E-state index is 12.2. The highest BCUT2D eigenvalue weighted by molar-refractivity contribution is 7.91. The molecule has 0 N–H and O–H groups in total. The molecule has 0 atom stereocenters. The average Bonchev–Trinajstić information content (AvgIpc) is 2.68. The SMILES string of the molecule is O=S(=O)(CCCOc1ccc(Cc2cccnc2)cc1)c1ccccc1. The fourth-order valence-electron chi connectivity index (χ4n) is 2.63. The van der Waals surface area contributed by atoms with Gasteiger partial charge in [0.05, 0.1) is 17.3 Å². The summed E-state index contributed by atoms with van der Waals surface area (Å²) in [5.41, 5.74) is 2.34. The van der Waals surface area contributed by atoms with Crippen molar-refractivity contribution in [2.24, 2.45) is 0 Å². The molecule has 0 aliphatic carbocycles. The van der Waals surface area contributed by atoms with Gasteiger partial charge in [0.15, 0.2) is 9.84 Å². The summed E-state index contributed by atoms with van der Waals surface area (Å²) in [5, 5.41) is 0. The molecule has 26 heavy (non-hydrogen) atoms. The highest BCUT2D eigenvalue weighted by atomic mass is 32.2. The number of hydrogen-bond donors (Lipinski definition) is 0. The molecule has 4 nitrogen and oxygen atoms in total. The zero-order valence-corrected chi connectivity index (χ0v) is 15.2. The predicted octanol–water partition coefficient (Wildman–Crippen LogP) is 3.92. The van der Waals surface area contributed by atoms with E-state index in [1.165, 1.54) is 5.56 Å². The van der Waals surface area contributed by atoms with Crippen molar-refractivity contribution in [1.82, 2.24) is 4.98 Å². The second-order valence-corrected chi connectivity index (χ2v) is 8.13. The van der Waals surface area contributed by atoms with Gasteiger partial charge in [-0.3, -0.25) is 4.98 Å². The normalized spacial score (nSPS) is 11.2. The smallest absolute Gasteiger partial charge is 0.178 e.